The molecule has 2 amide bonds. The third-order valence-electron chi connectivity index (χ3n) is 6.48. The molecule has 3 fully saturated rings. The topological polar surface area (TPSA) is 68.3 Å². The van der Waals surface area contributed by atoms with Gasteiger partial charge in [0.1, 0.15) is 17.5 Å². The number of ether oxygens (including phenoxy) is 3. The fourth-order valence-corrected chi connectivity index (χ4v) is 4.71. The van der Waals surface area contributed by atoms with Gasteiger partial charge in [-0.1, -0.05) is 19.1 Å². The van der Waals surface area contributed by atoms with Crippen LogP contribution in [0.2, 0.25) is 0 Å². The molecule has 1 aromatic rings. The molecule has 29 heavy (non-hydrogen) atoms. The summed E-state index contributed by atoms with van der Waals surface area (Å²) in [5.74, 6) is 0.871. The Kier molecular flexibility index (Phi) is 5.79. The normalized spacial score (nSPS) is 29.9. The van der Waals surface area contributed by atoms with Gasteiger partial charge in [-0.2, -0.15) is 0 Å². The number of para-hydroxylation sites is 1. The molecule has 0 bridgehead atoms. The van der Waals surface area contributed by atoms with Crippen LogP contribution in [0.4, 0.5) is 0 Å². The molecule has 0 N–H and O–H groups in total. The fourth-order valence-electron chi connectivity index (χ4n) is 4.71. The van der Waals surface area contributed by atoms with Crippen LogP contribution in [-0.4, -0.2) is 73.4 Å². The highest BCUT2D eigenvalue weighted by atomic mass is 16.5. The van der Waals surface area contributed by atoms with Crippen molar-refractivity contribution in [3.8, 4) is 5.75 Å². The van der Waals surface area contributed by atoms with Crippen LogP contribution >= 0.6 is 0 Å². The molecule has 1 aliphatic carbocycles. The van der Waals surface area contributed by atoms with E-state index in [1.165, 1.54) is 0 Å². The second kappa shape index (κ2) is 8.32. The van der Waals surface area contributed by atoms with Crippen molar-refractivity contribution in [1.29, 1.82) is 0 Å². The minimum Gasteiger partial charge on any atom is -0.496 e. The van der Waals surface area contributed by atoms with Gasteiger partial charge in [0.25, 0.3) is 5.91 Å². The maximum absolute atomic E-state index is 13.7. The average molecular weight is 402 g/mol. The molecule has 1 spiro atoms. The van der Waals surface area contributed by atoms with E-state index in [0.717, 1.165) is 25.7 Å². The zero-order valence-electron chi connectivity index (χ0n) is 17.3. The molecule has 7 heteroatoms. The highest BCUT2D eigenvalue weighted by molar-refractivity contribution is 6.00. The SMILES string of the molecule is COc1ccccc1C(=O)N1C(C(=O)N2CCOCC2)COC12CCC(C)CC2. The average Bonchev–Trinajstić information content (AvgIpc) is 3.14. The van der Waals surface area contributed by atoms with Crippen LogP contribution in [0.5, 0.6) is 5.75 Å². The van der Waals surface area contributed by atoms with E-state index in [2.05, 4.69) is 6.92 Å². The van der Waals surface area contributed by atoms with E-state index in [9.17, 15) is 9.59 Å². The summed E-state index contributed by atoms with van der Waals surface area (Å²) < 4.78 is 17.1. The third-order valence-corrected chi connectivity index (χ3v) is 6.48. The van der Waals surface area contributed by atoms with E-state index in [-0.39, 0.29) is 18.4 Å². The quantitative estimate of drug-likeness (QED) is 0.776. The van der Waals surface area contributed by atoms with Gasteiger partial charge in [-0.25, -0.2) is 0 Å². The largest absolute Gasteiger partial charge is 0.496 e. The van der Waals surface area contributed by atoms with Crippen LogP contribution in [0.1, 0.15) is 43.0 Å². The van der Waals surface area contributed by atoms with E-state index in [4.69, 9.17) is 14.2 Å². The van der Waals surface area contributed by atoms with Crippen molar-refractivity contribution < 1.29 is 23.8 Å². The summed E-state index contributed by atoms with van der Waals surface area (Å²) in [6.07, 6.45) is 3.46. The van der Waals surface area contributed by atoms with E-state index in [0.29, 0.717) is 43.5 Å². The fraction of sp³-hybridized carbons (Fsp3) is 0.636. The Morgan fingerprint density at radius 1 is 1.14 bits per heavy atom. The van der Waals surface area contributed by atoms with Crippen molar-refractivity contribution in [2.75, 3.05) is 40.0 Å². The van der Waals surface area contributed by atoms with E-state index in [1.54, 1.807) is 29.0 Å². The number of benzene rings is 1. The summed E-state index contributed by atoms with van der Waals surface area (Å²) in [6, 6.07) is 6.58. The highest BCUT2D eigenvalue weighted by Crippen LogP contribution is 2.44. The van der Waals surface area contributed by atoms with Crippen molar-refractivity contribution in [1.82, 2.24) is 9.80 Å². The summed E-state index contributed by atoms with van der Waals surface area (Å²) in [5.41, 5.74) is -0.241. The zero-order chi connectivity index (χ0) is 20.4. The lowest BCUT2D eigenvalue weighted by atomic mass is 9.83. The zero-order valence-corrected chi connectivity index (χ0v) is 17.3. The number of carbonyl (C=O) groups excluding carboxylic acids is 2. The van der Waals surface area contributed by atoms with Crippen LogP contribution in [-0.2, 0) is 14.3 Å². The van der Waals surface area contributed by atoms with Crippen molar-refractivity contribution in [2.45, 2.75) is 44.4 Å². The smallest absolute Gasteiger partial charge is 0.260 e. The number of hydrogen-bond donors (Lipinski definition) is 0. The number of methoxy groups -OCH3 is 1. The Labute approximate surface area is 171 Å². The summed E-state index contributed by atoms with van der Waals surface area (Å²) in [4.78, 5) is 30.6. The Hall–Kier alpha value is -2.12. The molecule has 158 valence electrons. The molecule has 2 saturated heterocycles. The first-order chi connectivity index (χ1) is 14.1. The highest BCUT2D eigenvalue weighted by Gasteiger charge is 2.54. The molecule has 2 aliphatic heterocycles. The molecule has 7 nitrogen and oxygen atoms in total. The number of carbonyl (C=O) groups is 2. The van der Waals surface area contributed by atoms with E-state index >= 15 is 0 Å². The van der Waals surface area contributed by atoms with Crippen molar-refractivity contribution in [3.63, 3.8) is 0 Å². The standard InChI is InChI=1S/C22H30N2O5/c1-16-7-9-22(10-8-16)24(20(25)17-5-3-4-6-19(17)27-2)18(15-29-22)21(26)23-11-13-28-14-12-23/h3-6,16,18H,7-15H2,1-2H3. The number of nitrogens with zero attached hydrogens (tertiary/aromatic N) is 2. The first kappa shape index (κ1) is 20.2. The maximum atomic E-state index is 13.7. The lowest BCUT2D eigenvalue weighted by Crippen LogP contribution is -2.58. The Balaban J connectivity index is 1.68. The molecule has 1 saturated carbocycles. The van der Waals surface area contributed by atoms with Gasteiger partial charge >= 0.3 is 0 Å². The predicted molar refractivity (Wildman–Crippen MR) is 107 cm³/mol. The molecular formula is C22H30N2O5. The minimum absolute atomic E-state index is 0.0490. The lowest BCUT2D eigenvalue weighted by Gasteiger charge is -2.43. The Bertz CT molecular complexity index is 753. The molecule has 2 heterocycles. The molecule has 1 unspecified atom stereocenters. The molecule has 0 radical (unpaired) electrons. The van der Waals surface area contributed by atoms with E-state index < -0.39 is 11.8 Å². The third kappa shape index (κ3) is 3.73. The number of hydrogen-bond acceptors (Lipinski definition) is 5. The van der Waals surface area contributed by atoms with Crippen LogP contribution < -0.4 is 4.74 Å². The van der Waals surface area contributed by atoms with Crippen LogP contribution in [0.15, 0.2) is 24.3 Å². The van der Waals surface area contributed by atoms with Crippen LogP contribution in [0.25, 0.3) is 0 Å². The van der Waals surface area contributed by atoms with Crippen molar-refractivity contribution >= 4 is 11.8 Å². The second-order valence-corrected chi connectivity index (χ2v) is 8.27. The Morgan fingerprint density at radius 3 is 2.52 bits per heavy atom. The molecule has 1 aromatic carbocycles. The summed E-state index contributed by atoms with van der Waals surface area (Å²) in [6.45, 7) is 4.63. The van der Waals surface area contributed by atoms with Gasteiger partial charge in [0.05, 0.1) is 32.5 Å². The summed E-state index contributed by atoms with van der Waals surface area (Å²) >= 11 is 0. The monoisotopic (exact) mass is 402 g/mol. The molecule has 0 aromatic heterocycles. The minimum atomic E-state index is -0.711. The van der Waals surface area contributed by atoms with Gasteiger partial charge in [-0.3, -0.25) is 14.5 Å². The van der Waals surface area contributed by atoms with Gasteiger partial charge in [-0.15, -0.1) is 0 Å². The molecule has 4 rings (SSSR count). The number of morpholine rings is 1. The van der Waals surface area contributed by atoms with Crippen molar-refractivity contribution in [3.05, 3.63) is 29.8 Å². The number of rotatable bonds is 3. The maximum Gasteiger partial charge on any atom is 0.260 e. The van der Waals surface area contributed by atoms with E-state index in [1.807, 2.05) is 12.1 Å². The van der Waals surface area contributed by atoms with Gasteiger partial charge in [-0.05, 0) is 43.7 Å². The first-order valence-electron chi connectivity index (χ1n) is 10.5. The van der Waals surface area contributed by atoms with Gasteiger partial charge in [0.2, 0.25) is 5.91 Å². The number of amides is 2. The molecule has 1 atom stereocenters. The second-order valence-electron chi connectivity index (χ2n) is 8.27. The van der Waals surface area contributed by atoms with Crippen LogP contribution in [0.3, 0.4) is 0 Å². The first-order valence-corrected chi connectivity index (χ1v) is 10.5. The summed E-state index contributed by atoms with van der Waals surface area (Å²) in [5, 5.41) is 0. The van der Waals surface area contributed by atoms with Crippen LogP contribution in [0, 0.1) is 5.92 Å². The van der Waals surface area contributed by atoms with Gasteiger partial charge in [0, 0.05) is 13.1 Å². The lowest BCUT2D eigenvalue weighted by molar-refractivity contribution is -0.141. The van der Waals surface area contributed by atoms with Gasteiger partial charge < -0.3 is 19.1 Å². The Morgan fingerprint density at radius 2 is 1.83 bits per heavy atom. The van der Waals surface area contributed by atoms with Crippen molar-refractivity contribution in [2.24, 2.45) is 5.92 Å². The summed E-state index contributed by atoms with van der Waals surface area (Å²) in [7, 11) is 1.56. The molecule has 3 aliphatic rings. The molecular weight excluding hydrogens is 372 g/mol. The van der Waals surface area contributed by atoms with Gasteiger partial charge in [0.15, 0.2) is 0 Å². The predicted octanol–water partition coefficient (Wildman–Crippen LogP) is 2.30.